The zero-order chi connectivity index (χ0) is 14.0. The number of rotatable bonds is 5. The molecule has 0 aromatic carbocycles. The fraction of sp³-hybridized carbons (Fsp3) is 0.750. The maximum absolute atomic E-state index is 10.6. The zero-order valence-corrected chi connectivity index (χ0v) is 12.4. The van der Waals surface area contributed by atoms with Gasteiger partial charge in [0.1, 0.15) is 0 Å². The van der Waals surface area contributed by atoms with Gasteiger partial charge in [-0.25, -0.2) is 0 Å². The van der Waals surface area contributed by atoms with Gasteiger partial charge in [-0.3, -0.25) is 9.36 Å². The van der Waals surface area contributed by atoms with Crippen LogP contribution < -0.4 is 4.90 Å². The number of anilines is 1. The number of hydrogen-bond acceptors (Lipinski definition) is 5. The van der Waals surface area contributed by atoms with E-state index in [1.54, 1.807) is 0 Å². The van der Waals surface area contributed by atoms with E-state index in [4.69, 9.17) is 5.11 Å². The third-order valence-electron chi connectivity index (χ3n) is 3.59. The molecule has 0 radical (unpaired) electrons. The van der Waals surface area contributed by atoms with Crippen LogP contribution in [0.1, 0.15) is 20.3 Å². The van der Waals surface area contributed by atoms with Crippen LogP contribution in [0.25, 0.3) is 0 Å². The topological polar surface area (TPSA) is 71.2 Å². The lowest BCUT2D eigenvalue weighted by molar-refractivity contribution is -0.133. The van der Waals surface area contributed by atoms with Crippen molar-refractivity contribution in [2.45, 2.75) is 25.4 Å². The van der Waals surface area contributed by atoms with Crippen LogP contribution in [0.4, 0.5) is 5.95 Å². The molecule has 7 heteroatoms. The summed E-state index contributed by atoms with van der Waals surface area (Å²) in [5.74, 6) is 1.40. The number of aliphatic carboxylic acids is 1. The molecule has 6 nitrogen and oxygen atoms in total. The first-order chi connectivity index (χ1) is 8.99. The lowest BCUT2D eigenvalue weighted by atomic mass is 9.95. The van der Waals surface area contributed by atoms with Crippen LogP contribution in [-0.2, 0) is 11.8 Å². The van der Waals surface area contributed by atoms with Crippen LogP contribution in [-0.4, -0.2) is 44.7 Å². The van der Waals surface area contributed by atoms with Crippen LogP contribution in [0.3, 0.4) is 0 Å². The van der Waals surface area contributed by atoms with Gasteiger partial charge in [-0.2, -0.15) is 0 Å². The van der Waals surface area contributed by atoms with Crippen LogP contribution in [0.2, 0.25) is 0 Å². The molecule has 1 aromatic heterocycles. The van der Waals surface area contributed by atoms with Gasteiger partial charge in [0.2, 0.25) is 5.95 Å². The number of thioether (sulfide) groups is 1. The number of hydrogen-bond donors (Lipinski definition) is 1. The molecule has 0 amide bonds. The van der Waals surface area contributed by atoms with E-state index in [1.165, 1.54) is 18.2 Å². The van der Waals surface area contributed by atoms with E-state index >= 15 is 0 Å². The monoisotopic (exact) mass is 284 g/mol. The van der Waals surface area contributed by atoms with Gasteiger partial charge < -0.3 is 10.0 Å². The predicted octanol–water partition coefficient (Wildman–Crippen LogP) is 1.47. The second-order valence-electron chi connectivity index (χ2n) is 5.26. The Hall–Kier alpha value is -1.24. The summed E-state index contributed by atoms with van der Waals surface area (Å²) in [5.41, 5.74) is 0. The van der Waals surface area contributed by atoms with Crippen molar-refractivity contribution >= 4 is 23.7 Å². The van der Waals surface area contributed by atoms with Crippen molar-refractivity contribution in [3.05, 3.63) is 0 Å². The Kier molecular flexibility index (Phi) is 4.34. The van der Waals surface area contributed by atoms with Gasteiger partial charge in [-0.1, -0.05) is 25.6 Å². The molecule has 2 heterocycles. The largest absolute Gasteiger partial charge is 0.481 e. The van der Waals surface area contributed by atoms with Crippen LogP contribution in [0, 0.1) is 11.8 Å². The van der Waals surface area contributed by atoms with Crippen molar-refractivity contribution < 1.29 is 9.90 Å². The van der Waals surface area contributed by atoms with E-state index in [9.17, 15) is 4.79 Å². The first-order valence-corrected chi connectivity index (χ1v) is 7.46. The molecule has 106 valence electrons. The van der Waals surface area contributed by atoms with Gasteiger partial charge in [0.05, 0.1) is 5.75 Å². The number of aromatic nitrogens is 3. The number of carbonyl (C=O) groups is 1. The van der Waals surface area contributed by atoms with Crippen molar-refractivity contribution in [3.63, 3.8) is 0 Å². The van der Waals surface area contributed by atoms with E-state index < -0.39 is 5.97 Å². The van der Waals surface area contributed by atoms with Crippen LogP contribution >= 0.6 is 11.8 Å². The van der Waals surface area contributed by atoms with Crippen molar-refractivity contribution in [3.8, 4) is 0 Å². The maximum Gasteiger partial charge on any atom is 0.313 e. The summed E-state index contributed by atoms with van der Waals surface area (Å²) in [6, 6.07) is 0. The van der Waals surface area contributed by atoms with E-state index in [-0.39, 0.29) is 5.75 Å². The van der Waals surface area contributed by atoms with E-state index in [0.717, 1.165) is 19.0 Å². The van der Waals surface area contributed by atoms with Gasteiger partial charge in [0.15, 0.2) is 5.16 Å². The van der Waals surface area contributed by atoms with E-state index in [0.29, 0.717) is 17.0 Å². The van der Waals surface area contributed by atoms with Gasteiger partial charge in [-0.15, -0.1) is 10.2 Å². The molecule has 0 saturated carbocycles. The molecule has 1 fully saturated rings. The highest BCUT2D eigenvalue weighted by molar-refractivity contribution is 7.99. The molecule has 1 aliphatic heterocycles. The molecular formula is C12H20N4O2S. The average molecular weight is 284 g/mol. The molecule has 1 N–H and O–H groups in total. The standard InChI is InChI=1S/C12H20N4O2S/c1-8(2)9-4-5-16(6-9)11-13-14-12(15(11)3)19-7-10(17)18/h8-9H,4-7H2,1-3H3,(H,17,18). The van der Waals surface area contributed by atoms with Gasteiger partial charge in [0.25, 0.3) is 0 Å². The fourth-order valence-electron chi connectivity index (χ4n) is 2.35. The van der Waals surface area contributed by atoms with E-state index in [2.05, 4.69) is 28.9 Å². The van der Waals surface area contributed by atoms with E-state index in [1.807, 2.05) is 11.6 Å². The Morgan fingerprint density at radius 1 is 1.53 bits per heavy atom. The minimum atomic E-state index is -0.837. The predicted molar refractivity (Wildman–Crippen MR) is 74.5 cm³/mol. The first-order valence-electron chi connectivity index (χ1n) is 6.48. The molecule has 0 aliphatic carbocycles. The van der Waals surface area contributed by atoms with Crippen LogP contribution in [0.5, 0.6) is 0 Å². The molecule has 1 unspecified atom stereocenters. The molecular weight excluding hydrogens is 264 g/mol. The first kappa shape index (κ1) is 14.2. The minimum Gasteiger partial charge on any atom is -0.481 e. The Labute approximate surface area is 117 Å². The lowest BCUT2D eigenvalue weighted by Crippen LogP contribution is -2.24. The van der Waals surface area contributed by atoms with Gasteiger partial charge >= 0.3 is 5.97 Å². The molecule has 1 saturated heterocycles. The Morgan fingerprint density at radius 2 is 2.26 bits per heavy atom. The third-order valence-corrected chi connectivity index (χ3v) is 4.59. The second-order valence-corrected chi connectivity index (χ2v) is 6.21. The summed E-state index contributed by atoms with van der Waals surface area (Å²) < 4.78 is 1.89. The van der Waals surface area contributed by atoms with Crippen molar-refractivity contribution in [2.24, 2.45) is 18.9 Å². The second kappa shape index (κ2) is 5.81. The van der Waals surface area contributed by atoms with Crippen molar-refractivity contribution in [2.75, 3.05) is 23.7 Å². The van der Waals surface area contributed by atoms with Crippen molar-refractivity contribution in [1.82, 2.24) is 14.8 Å². The number of carboxylic acids is 1. The summed E-state index contributed by atoms with van der Waals surface area (Å²) in [4.78, 5) is 12.8. The third kappa shape index (κ3) is 3.20. The lowest BCUT2D eigenvalue weighted by Gasteiger charge is -2.18. The normalized spacial score (nSPS) is 19.4. The smallest absolute Gasteiger partial charge is 0.313 e. The zero-order valence-electron chi connectivity index (χ0n) is 11.5. The highest BCUT2D eigenvalue weighted by Crippen LogP contribution is 2.28. The highest BCUT2D eigenvalue weighted by atomic mass is 32.2. The van der Waals surface area contributed by atoms with Crippen LogP contribution in [0.15, 0.2) is 5.16 Å². The molecule has 2 rings (SSSR count). The SMILES string of the molecule is CC(C)C1CCN(c2nnc(SCC(=O)O)n2C)C1. The summed E-state index contributed by atoms with van der Waals surface area (Å²) in [5, 5.41) is 17.6. The fourth-order valence-corrected chi connectivity index (χ4v) is 2.97. The molecule has 19 heavy (non-hydrogen) atoms. The molecule has 1 aliphatic rings. The molecule has 1 atom stereocenters. The molecule has 1 aromatic rings. The maximum atomic E-state index is 10.6. The average Bonchev–Trinajstić information content (AvgIpc) is 2.93. The minimum absolute atomic E-state index is 0.0145. The van der Waals surface area contributed by atoms with Gasteiger partial charge in [-0.05, 0) is 18.3 Å². The highest BCUT2D eigenvalue weighted by Gasteiger charge is 2.28. The number of carboxylic acid groups (broad SMARTS) is 1. The Balaban J connectivity index is 2.04. The molecule has 0 spiro atoms. The summed E-state index contributed by atoms with van der Waals surface area (Å²) >= 11 is 1.21. The quantitative estimate of drug-likeness (QED) is 0.826. The molecule has 0 bridgehead atoms. The van der Waals surface area contributed by atoms with Gasteiger partial charge in [0, 0.05) is 20.1 Å². The summed E-state index contributed by atoms with van der Waals surface area (Å²) in [6.45, 7) is 6.50. The Morgan fingerprint density at radius 3 is 2.84 bits per heavy atom. The summed E-state index contributed by atoms with van der Waals surface area (Å²) in [6.07, 6.45) is 1.18. The number of nitrogens with zero attached hydrogens (tertiary/aromatic N) is 4. The Bertz CT molecular complexity index is 461. The summed E-state index contributed by atoms with van der Waals surface area (Å²) in [7, 11) is 1.89. The van der Waals surface area contributed by atoms with Crippen molar-refractivity contribution in [1.29, 1.82) is 0 Å².